The molecule has 0 aliphatic carbocycles. The lowest BCUT2D eigenvalue weighted by molar-refractivity contribution is -0.127. The smallest absolute Gasteiger partial charge is 0.417 e. The summed E-state index contributed by atoms with van der Waals surface area (Å²) in [6.07, 6.45) is 0.577. The third-order valence-corrected chi connectivity index (χ3v) is 4.79. The minimum Gasteiger partial charge on any atom is -0.439 e. The number of para-hydroxylation sites is 1. The Hall–Kier alpha value is -4.01. The molecule has 1 aliphatic rings. The Morgan fingerprint density at radius 2 is 1.80 bits per heavy atom. The minimum absolute atomic E-state index is 0.0711. The van der Waals surface area contributed by atoms with Crippen molar-refractivity contribution in [2.75, 3.05) is 13.2 Å². The molecule has 0 saturated carbocycles. The van der Waals surface area contributed by atoms with E-state index in [1.807, 2.05) is 6.07 Å². The predicted octanol–water partition coefficient (Wildman–Crippen LogP) is 1.23. The summed E-state index contributed by atoms with van der Waals surface area (Å²) in [6.45, 7) is -0.636. The summed E-state index contributed by atoms with van der Waals surface area (Å²) in [5.74, 6) is -0.923. The molecule has 3 aromatic rings. The highest BCUT2D eigenvalue weighted by atomic mass is 16.6. The maximum absolute atomic E-state index is 12.7. The predicted molar refractivity (Wildman–Crippen MR) is 106 cm³/mol. The first-order valence-corrected chi connectivity index (χ1v) is 9.28. The van der Waals surface area contributed by atoms with E-state index in [0.717, 1.165) is 4.90 Å². The normalized spacial score (nSPS) is 14.6. The molecule has 30 heavy (non-hydrogen) atoms. The topological polar surface area (TPSA) is 111 Å². The summed E-state index contributed by atoms with van der Waals surface area (Å²) < 4.78 is 5.96. The number of nitrogens with zero attached hydrogens (tertiary/aromatic N) is 3. The van der Waals surface area contributed by atoms with E-state index in [9.17, 15) is 19.2 Å². The summed E-state index contributed by atoms with van der Waals surface area (Å²) >= 11 is 0. The number of cyclic esters (lactones) is 1. The van der Waals surface area contributed by atoms with Crippen molar-refractivity contribution < 1.29 is 19.1 Å². The van der Waals surface area contributed by atoms with Gasteiger partial charge in [0.2, 0.25) is 5.91 Å². The molecular formula is C21H18N4O5. The van der Waals surface area contributed by atoms with Crippen LogP contribution < -0.4 is 10.9 Å². The van der Waals surface area contributed by atoms with E-state index >= 15 is 0 Å². The van der Waals surface area contributed by atoms with Crippen molar-refractivity contribution in [3.05, 3.63) is 76.8 Å². The van der Waals surface area contributed by atoms with Crippen molar-refractivity contribution in [3.8, 4) is 0 Å². The first kappa shape index (κ1) is 19.3. The van der Waals surface area contributed by atoms with Crippen molar-refractivity contribution in [2.24, 2.45) is 0 Å². The highest BCUT2D eigenvalue weighted by molar-refractivity contribution is 5.97. The highest BCUT2D eigenvalue weighted by Gasteiger charge is 2.33. The lowest BCUT2D eigenvalue weighted by atomic mass is 10.1. The van der Waals surface area contributed by atoms with Gasteiger partial charge in [-0.2, -0.15) is 0 Å². The molecule has 1 fully saturated rings. The van der Waals surface area contributed by atoms with Crippen molar-refractivity contribution in [3.63, 3.8) is 0 Å². The number of carbonyl (C=O) groups excluding carboxylic acids is 3. The molecule has 2 aromatic carbocycles. The zero-order valence-corrected chi connectivity index (χ0v) is 15.9. The monoisotopic (exact) mass is 406 g/mol. The van der Waals surface area contributed by atoms with Gasteiger partial charge in [-0.15, -0.1) is 0 Å². The minimum atomic E-state index is -0.745. The van der Waals surface area contributed by atoms with Crippen LogP contribution in [0.3, 0.4) is 0 Å². The molecule has 3 amide bonds. The fourth-order valence-corrected chi connectivity index (χ4v) is 3.27. The Labute approximate surface area is 170 Å². The number of nitrogens with one attached hydrogen (secondary N) is 1. The molecular weight excluding hydrogens is 388 g/mol. The van der Waals surface area contributed by atoms with Gasteiger partial charge in [-0.3, -0.25) is 19.0 Å². The Balaban J connectivity index is 1.55. The van der Waals surface area contributed by atoms with E-state index in [-0.39, 0.29) is 25.3 Å². The first-order valence-electron chi connectivity index (χ1n) is 9.28. The number of amides is 3. The van der Waals surface area contributed by atoms with Gasteiger partial charge in [0, 0.05) is 0 Å². The second-order valence-corrected chi connectivity index (χ2v) is 6.78. The Morgan fingerprint density at radius 3 is 2.53 bits per heavy atom. The van der Waals surface area contributed by atoms with Gasteiger partial charge in [0.1, 0.15) is 6.54 Å². The Bertz CT molecular complexity index is 1160. The standard InChI is InChI=1S/C21H18N4O5/c26-18(11-24-13-22-16-9-5-4-8-15(16)20(24)28)23-17(14-6-2-1-3-7-14)10-25-19(27)12-30-21(25)29/h1-9,13,17H,10-12H2,(H,23,26). The molecule has 1 unspecified atom stereocenters. The number of hydrogen-bond acceptors (Lipinski definition) is 6. The molecule has 4 rings (SSSR count). The van der Waals surface area contributed by atoms with Crippen molar-refractivity contribution in [1.82, 2.24) is 19.8 Å². The zero-order chi connectivity index (χ0) is 21.1. The van der Waals surface area contributed by atoms with Gasteiger partial charge >= 0.3 is 6.09 Å². The number of hydrogen-bond donors (Lipinski definition) is 1. The van der Waals surface area contributed by atoms with Crippen LogP contribution >= 0.6 is 0 Å². The lowest BCUT2D eigenvalue weighted by Gasteiger charge is -2.23. The maximum Gasteiger partial charge on any atom is 0.417 e. The zero-order valence-electron chi connectivity index (χ0n) is 15.9. The molecule has 1 atom stereocenters. The molecule has 0 bridgehead atoms. The van der Waals surface area contributed by atoms with Gasteiger partial charge in [0.25, 0.3) is 11.5 Å². The number of fused-ring (bicyclic) bond motifs is 1. The van der Waals surface area contributed by atoms with E-state index in [1.54, 1.807) is 48.5 Å². The third kappa shape index (κ3) is 3.90. The van der Waals surface area contributed by atoms with Crippen LogP contribution in [-0.4, -0.2) is 45.5 Å². The van der Waals surface area contributed by atoms with Crippen LogP contribution in [0.15, 0.2) is 65.7 Å². The number of aromatic nitrogens is 2. The number of carbonyl (C=O) groups is 3. The van der Waals surface area contributed by atoms with E-state index < -0.39 is 23.9 Å². The van der Waals surface area contributed by atoms with E-state index in [2.05, 4.69) is 10.3 Å². The average Bonchev–Trinajstić information content (AvgIpc) is 3.08. The molecule has 1 aliphatic heterocycles. The second-order valence-electron chi connectivity index (χ2n) is 6.78. The van der Waals surface area contributed by atoms with Crippen LogP contribution in [0.4, 0.5) is 4.79 Å². The fraction of sp³-hybridized carbons (Fsp3) is 0.190. The largest absolute Gasteiger partial charge is 0.439 e. The molecule has 1 N–H and O–H groups in total. The number of rotatable bonds is 6. The van der Waals surface area contributed by atoms with E-state index in [1.165, 1.54) is 10.9 Å². The maximum atomic E-state index is 12.7. The van der Waals surface area contributed by atoms with Crippen molar-refractivity contribution in [1.29, 1.82) is 0 Å². The molecule has 0 radical (unpaired) electrons. The third-order valence-electron chi connectivity index (χ3n) is 4.79. The van der Waals surface area contributed by atoms with Crippen LogP contribution in [0, 0.1) is 0 Å². The Kier molecular flexibility index (Phi) is 5.25. The summed E-state index contributed by atoms with van der Waals surface area (Å²) in [7, 11) is 0. The molecule has 1 aromatic heterocycles. The van der Waals surface area contributed by atoms with Crippen LogP contribution in [0.5, 0.6) is 0 Å². The number of benzene rings is 2. The first-order chi connectivity index (χ1) is 14.5. The molecule has 152 valence electrons. The quantitative estimate of drug-likeness (QED) is 0.659. The molecule has 1 saturated heterocycles. The number of ether oxygens (including phenoxy) is 1. The summed E-state index contributed by atoms with van der Waals surface area (Å²) in [6, 6.07) is 15.2. The van der Waals surface area contributed by atoms with Gasteiger partial charge in [-0.1, -0.05) is 42.5 Å². The number of imide groups is 1. The molecule has 2 heterocycles. The molecule has 9 heteroatoms. The second kappa shape index (κ2) is 8.16. The summed E-state index contributed by atoms with van der Waals surface area (Å²) in [4.78, 5) is 54.2. The van der Waals surface area contributed by atoms with Crippen LogP contribution in [-0.2, 0) is 20.9 Å². The summed E-state index contributed by atoms with van der Waals surface area (Å²) in [5, 5.41) is 3.21. The SMILES string of the molecule is O=C(Cn1cnc2ccccc2c1=O)NC(CN1C(=O)COC1=O)c1ccccc1. The molecule has 0 spiro atoms. The lowest BCUT2D eigenvalue weighted by Crippen LogP contribution is -2.42. The average molecular weight is 406 g/mol. The van der Waals surface area contributed by atoms with Crippen molar-refractivity contribution in [2.45, 2.75) is 12.6 Å². The van der Waals surface area contributed by atoms with Gasteiger partial charge < -0.3 is 10.1 Å². The van der Waals surface area contributed by atoms with Crippen LogP contribution in [0.1, 0.15) is 11.6 Å². The van der Waals surface area contributed by atoms with Gasteiger partial charge in [0.05, 0.1) is 29.8 Å². The van der Waals surface area contributed by atoms with Crippen LogP contribution in [0.2, 0.25) is 0 Å². The highest BCUT2D eigenvalue weighted by Crippen LogP contribution is 2.17. The van der Waals surface area contributed by atoms with Gasteiger partial charge in [0.15, 0.2) is 6.61 Å². The Morgan fingerprint density at radius 1 is 1.07 bits per heavy atom. The van der Waals surface area contributed by atoms with E-state index in [4.69, 9.17) is 4.74 Å². The van der Waals surface area contributed by atoms with E-state index in [0.29, 0.717) is 16.5 Å². The van der Waals surface area contributed by atoms with Gasteiger partial charge in [-0.25, -0.2) is 14.7 Å². The summed E-state index contributed by atoms with van der Waals surface area (Å²) in [5.41, 5.74) is 0.931. The van der Waals surface area contributed by atoms with Crippen molar-refractivity contribution >= 4 is 28.8 Å². The molecule has 9 nitrogen and oxygen atoms in total. The van der Waals surface area contributed by atoms with Gasteiger partial charge in [-0.05, 0) is 17.7 Å². The van der Waals surface area contributed by atoms with Crippen LogP contribution in [0.25, 0.3) is 10.9 Å². The fourth-order valence-electron chi connectivity index (χ4n) is 3.27.